The number of aromatic nitrogens is 2. The zero-order valence-corrected chi connectivity index (χ0v) is 16.7. The Morgan fingerprint density at radius 2 is 2.07 bits per heavy atom. The summed E-state index contributed by atoms with van der Waals surface area (Å²) in [7, 11) is 0. The molecule has 2 aromatic carbocycles. The van der Waals surface area contributed by atoms with Crippen molar-refractivity contribution in [1.29, 1.82) is 0 Å². The predicted octanol–water partition coefficient (Wildman–Crippen LogP) is 4.42. The van der Waals surface area contributed by atoms with Crippen LogP contribution in [0.15, 0.2) is 40.4 Å². The minimum atomic E-state index is -0.367. The highest BCUT2D eigenvalue weighted by Gasteiger charge is 2.21. The number of piperidine rings is 1. The Morgan fingerprint density at radius 3 is 2.86 bits per heavy atom. The second-order valence-corrected chi connectivity index (χ2v) is 8.00. The monoisotopic (exact) mass is 410 g/mol. The lowest BCUT2D eigenvalue weighted by molar-refractivity contribution is 0.157. The number of hydrogen-bond donors (Lipinski definition) is 1. The zero-order valence-electron chi connectivity index (χ0n) is 15.9. The second-order valence-electron chi connectivity index (χ2n) is 7.02. The highest BCUT2D eigenvalue weighted by molar-refractivity contribution is 7.23. The molecule has 8 heteroatoms. The first-order valence-corrected chi connectivity index (χ1v) is 10.4. The van der Waals surface area contributed by atoms with Crippen LogP contribution in [0.2, 0.25) is 0 Å². The Kier molecular flexibility index (Phi) is 4.43. The summed E-state index contributed by atoms with van der Waals surface area (Å²) in [5.74, 6) is -0.367. The number of nitrogens with one attached hydrogen (secondary N) is 1. The van der Waals surface area contributed by atoms with E-state index in [1.54, 1.807) is 23.6 Å². The van der Waals surface area contributed by atoms with Crippen LogP contribution in [0.25, 0.3) is 31.8 Å². The molecule has 0 radical (unpaired) electrons. The van der Waals surface area contributed by atoms with Crippen molar-refractivity contribution in [2.75, 3.05) is 24.6 Å². The lowest BCUT2D eigenvalue weighted by atomic mass is 10.0. The molecule has 29 heavy (non-hydrogen) atoms. The quantitative estimate of drug-likeness (QED) is 0.401. The van der Waals surface area contributed by atoms with E-state index >= 15 is 0 Å². The smallest absolute Gasteiger partial charge is 0.256 e. The molecule has 0 aliphatic carbocycles. The number of H-pyrrole nitrogens is 1. The summed E-state index contributed by atoms with van der Waals surface area (Å²) in [5, 5.41) is 7.79. The standard InChI is InChI=1S/C21H19FN4O2S/c1-2-28-25-13-6-9-26(10-7-13)21-24-18-14-4-3-12(22)11-16(14)17-15(19(18)29-21)5-8-23-20(17)27/h3-5,8,11H,2,6-7,9-10H2,1H3,(H,23,27). The van der Waals surface area contributed by atoms with Crippen LogP contribution in [0.3, 0.4) is 0 Å². The van der Waals surface area contributed by atoms with Gasteiger partial charge in [0.15, 0.2) is 5.13 Å². The summed E-state index contributed by atoms with van der Waals surface area (Å²) in [6, 6.07) is 6.42. The van der Waals surface area contributed by atoms with E-state index in [0.717, 1.165) is 57.8 Å². The van der Waals surface area contributed by atoms with Gasteiger partial charge in [0.25, 0.3) is 5.56 Å². The number of anilines is 1. The lowest BCUT2D eigenvalue weighted by Gasteiger charge is -2.26. The second kappa shape index (κ2) is 7.11. The third-order valence-electron chi connectivity index (χ3n) is 5.26. The SMILES string of the molecule is CCON=C1CCN(c2nc3c4ccc(F)cc4c4c(=O)[nH]ccc4c3s2)CC1. The summed E-state index contributed by atoms with van der Waals surface area (Å²) in [6.07, 6.45) is 3.30. The van der Waals surface area contributed by atoms with E-state index in [2.05, 4.69) is 15.0 Å². The largest absolute Gasteiger partial charge is 0.396 e. The van der Waals surface area contributed by atoms with E-state index in [9.17, 15) is 9.18 Å². The number of oxime groups is 1. The number of hydrogen-bond acceptors (Lipinski definition) is 6. The number of pyridine rings is 1. The maximum Gasteiger partial charge on any atom is 0.256 e. The predicted molar refractivity (Wildman–Crippen MR) is 116 cm³/mol. The molecular formula is C21H19FN4O2S. The molecule has 1 aliphatic heterocycles. The molecule has 1 saturated heterocycles. The molecule has 3 heterocycles. The molecule has 0 bridgehead atoms. The minimum Gasteiger partial charge on any atom is -0.396 e. The van der Waals surface area contributed by atoms with Crippen molar-refractivity contribution in [2.24, 2.45) is 5.16 Å². The number of thiazole rings is 1. The van der Waals surface area contributed by atoms with Gasteiger partial charge in [-0.05, 0) is 31.2 Å². The van der Waals surface area contributed by atoms with Crippen LogP contribution in [-0.4, -0.2) is 35.4 Å². The van der Waals surface area contributed by atoms with Gasteiger partial charge in [0.05, 0.1) is 21.3 Å². The van der Waals surface area contributed by atoms with Crippen LogP contribution in [0.5, 0.6) is 0 Å². The van der Waals surface area contributed by atoms with Crippen molar-refractivity contribution >= 4 is 53.9 Å². The van der Waals surface area contributed by atoms with E-state index < -0.39 is 0 Å². The molecule has 0 saturated carbocycles. The van der Waals surface area contributed by atoms with Gasteiger partial charge in [0.2, 0.25) is 0 Å². The normalized spacial score (nSPS) is 14.8. The van der Waals surface area contributed by atoms with Crippen LogP contribution in [0.4, 0.5) is 9.52 Å². The topological polar surface area (TPSA) is 70.6 Å². The maximum atomic E-state index is 14.0. The van der Waals surface area contributed by atoms with Gasteiger partial charge in [0.1, 0.15) is 12.4 Å². The molecule has 148 valence electrons. The molecule has 6 nitrogen and oxygen atoms in total. The van der Waals surface area contributed by atoms with Gasteiger partial charge in [-0.25, -0.2) is 9.37 Å². The molecule has 1 aliphatic rings. The Bertz CT molecular complexity index is 1320. The Hall–Kier alpha value is -3.00. The van der Waals surface area contributed by atoms with E-state index in [-0.39, 0.29) is 11.4 Å². The van der Waals surface area contributed by atoms with Crippen molar-refractivity contribution in [3.63, 3.8) is 0 Å². The fourth-order valence-electron chi connectivity index (χ4n) is 3.88. The number of halogens is 1. The zero-order chi connectivity index (χ0) is 20.0. The van der Waals surface area contributed by atoms with Crippen LogP contribution in [-0.2, 0) is 4.84 Å². The third-order valence-corrected chi connectivity index (χ3v) is 6.41. The summed E-state index contributed by atoms with van der Waals surface area (Å²) in [4.78, 5) is 27.6. The van der Waals surface area contributed by atoms with E-state index in [0.29, 0.717) is 17.4 Å². The fraction of sp³-hybridized carbons (Fsp3) is 0.286. The first-order chi connectivity index (χ1) is 14.2. The molecule has 0 unspecified atom stereocenters. The first-order valence-electron chi connectivity index (χ1n) is 9.61. The average molecular weight is 410 g/mol. The first kappa shape index (κ1) is 18.1. The van der Waals surface area contributed by atoms with Gasteiger partial charge in [-0.1, -0.05) is 16.5 Å². The molecule has 1 N–H and O–H groups in total. The van der Waals surface area contributed by atoms with Crippen LogP contribution in [0, 0.1) is 5.82 Å². The molecule has 0 spiro atoms. The van der Waals surface area contributed by atoms with Gasteiger partial charge < -0.3 is 14.7 Å². The highest BCUT2D eigenvalue weighted by Crippen LogP contribution is 2.39. The van der Waals surface area contributed by atoms with Crippen molar-refractivity contribution in [1.82, 2.24) is 9.97 Å². The summed E-state index contributed by atoms with van der Waals surface area (Å²) in [6.45, 7) is 4.13. The van der Waals surface area contributed by atoms with Gasteiger partial charge in [-0.15, -0.1) is 0 Å². The summed E-state index contributed by atoms with van der Waals surface area (Å²) in [5.41, 5.74) is 1.67. The summed E-state index contributed by atoms with van der Waals surface area (Å²) >= 11 is 1.58. The van der Waals surface area contributed by atoms with Crippen LogP contribution >= 0.6 is 11.3 Å². The molecule has 0 amide bonds. The van der Waals surface area contributed by atoms with Gasteiger partial charge in [-0.2, -0.15) is 0 Å². The Labute approximate surface area is 169 Å². The minimum absolute atomic E-state index is 0.218. The van der Waals surface area contributed by atoms with Crippen molar-refractivity contribution in [3.8, 4) is 0 Å². The number of fused-ring (bicyclic) bond motifs is 6. The Balaban J connectivity index is 1.66. The van der Waals surface area contributed by atoms with Crippen molar-refractivity contribution in [3.05, 3.63) is 46.6 Å². The molecule has 2 aromatic heterocycles. The molecule has 4 aromatic rings. The number of aromatic amines is 1. The van der Waals surface area contributed by atoms with Crippen molar-refractivity contribution < 1.29 is 9.23 Å². The molecule has 1 fully saturated rings. The average Bonchev–Trinajstić information content (AvgIpc) is 3.18. The van der Waals surface area contributed by atoms with E-state index in [1.165, 1.54) is 12.1 Å². The Morgan fingerprint density at radius 1 is 1.24 bits per heavy atom. The maximum absolute atomic E-state index is 14.0. The fourth-order valence-corrected chi connectivity index (χ4v) is 5.04. The van der Waals surface area contributed by atoms with Crippen LogP contribution in [0.1, 0.15) is 19.8 Å². The molecule has 0 atom stereocenters. The molecular weight excluding hydrogens is 391 g/mol. The van der Waals surface area contributed by atoms with Gasteiger partial charge in [0, 0.05) is 48.3 Å². The third kappa shape index (κ3) is 3.04. The molecule has 5 rings (SSSR count). The van der Waals surface area contributed by atoms with Crippen LogP contribution < -0.4 is 10.5 Å². The summed E-state index contributed by atoms with van der Waals surface area (Å²) < 4.78 is 14.9. The van der Waals surface area contributed by atoms with Gasteiger partial charge in [-0.3, -0.25) is 4.79 Å². The van der Waals surface area contributed by atoms with Crippen molar-refractivity contribution in [2.45, 2.75) is 19.8 Å². The number of rotatable bonds is 3. The highest BCUT2D eigenvalue weighted by atomic mass is 32.1. The van der Waals surface area contributed by atoms with Gasteiger partial charge >= 0.3 is 0 Å². The van der Waals surface area contributed by atoms with E-state index in [1.807, 2.05) is 13.0 Å². The number of nitrogens with zero attached hydrogens (tertiary/aromatic N) is 3. The number of benzene rings is 2. The lowest BCUT2D eigenvalue weighted by Crippen LogP contribution is -2.33. The van der Waals surface area contributed by atoms with E-state index in [4.69, 9.17) is 9.82 Å².